The lowest BCUT2D eigenvalue weighted by atomic mass is 9.82. The largest absolute Gasteiger partial charge is 0.462 e. The van der Waals surface area contributed by atoms with E-state index >= 15 is 0 Å². The van der Waals surface area contributed by atoms with Crippen LogP contribution in [0.5, 0.6) is 17.4 Å². The van der Waals surface area contributed by atoms with E-state index in [2.05, 4.69) is 25.9 Å². The summed E-state index contributed by atoms with van der Waals surface area (Å²) >= 11 is 9.11. The summed E-state index contributed by atoms with van der Waals surface area (Å²) in [5.41, 5.74) is 6.65. The molecule has 8 heteroatoms. The highest BCUT2D eigenvalue weighted by molar-refractivity contribution is 9.10. The molecule has 0 fully saturated rings. The minimum Gasteiger partial charge on any atom is -0.462 e. The zero-order valence-corrected chi connectivity index (χ0v) is 14.1. The molecule has 0 amide bonds. The maximum absolute atomic E-state index is 5.95. The SMILES string of the molecule is NC1=NC2(CO1)c1cc(Br)ccc1Oc1cnc(OCCl)cc12. The highest BCUT2D eigenvalue weighted by Crippen LogP contribution is 2.51. The van der Waals surface area contributed by atoms with Crippen molar-refractivity contribution in [3.8, 4) is 17.4 Å². The van der Waals surface area contributed by atoms with E-state index in [0.717, 1.165) is 15.6 Å². The maximum Gasteiger partial charge on any atom is 0.283 e. The summed E-state index contributed by atoms with van der Waals surface area (Å²) in [5, 5.41) is 0. The first-order chi connectivity index (χ1) is 11.1. The molecule has 23 heavy (non-hydrogen) atoms. The summed E-state index contributed by atoms with van der Waals surface area (Å²) in [6.07, 6.45) is 1.59. The molecule has 0 saturated heterocycles. The van der Waals surface area contributed by atoms with E-state index in [0.29, 0.717) is 17.4 Å². The maximum atomic E-state index is 5.95. The van der Waals surface area contributed by atoms with Gasteiger partial charge in [-0.15, -0.1) is 0 Å². The molecular formula is C15H11BrClN3O3. The zero-order valence-electron chi connectivity index (χ0n) is 11.8. The van der Waals surface area contributed by atoms with Gasteiger partial charge in [-0.2, -0.15) is 0 Å². The van der Waals surface area contributed by atoms with Gasteiger partial charge >= 0.3 is 0 Å². The summed E-state index contributed by atoms with van der Waals surface area (Å²) in [6.45, 7) is 0.281. The summed E-state index contributed by atoms with van der Waals surface area (Å²) in [6, 6.07) is 7.62. The number of aromatic nitrogens is 1. The first-order valence-electron chi connectivity index (χ1n) is 6.78. The molecular weight excluding hydrogens is 386 g/mol. The molecule has 6 nitrogen and oxygen atoms in total. The molecule has 2 aliphatic rings. The number of rotatable bonds is 2. The van der Waals surface area contributed by atoms with Crippen molar-refractivity contribution in [2.45, 2.75) is 5.54 Å². The van der Waals surface area contributed by atoms with Crippen LogP contribution in [0.25, 0.3) is 0 Å². The smallest absolute Gasteiger partial charge is 0.283 e. The summed E-state index contributed by atoms with van der Waals surface area (Å²) < 4.78 is 17.6. The van der Waals surface area contributed by atoms with Gasteiger partial charge in [-0.25, -0.2) is 9.98 Å². The van der Waals surface area contributed by atoms with Crippen molar-refractivity contribution < 1.29 is 14.2 Å². The van der Waals surface area contributed by atoms with Crippen LogP contribution in [-0.2, 0) is 10.3 Å². The van der Waals surface area contributed by atoms with Crippen LogP contribution >= 0.6 is 27.5 Å². The number of aliphatic imine (C=N–C) groups is 1. The third-order valence-corrected chi connectivity index (χ3v) is 4.43. The number of nitrogens with zero attached hydrogens (tertiary/aromatic N) is 2. The summed E-state index contributed by atoms with van der Waals surface area (Å²) in [5.74, 6) is 1.67. The van der Waals surface area contributed by atoms with E-state index in [4.69, 9.17) is 31.5 Å². The lowest BCUT2D eigenvalue weighted by Crippen LogP contribution is -2.31. The number of benzene rings is 1. The highest BCUT2D eigenvalue weighted by Gasteiger charge is 2.47. The fraction of sp³-hybridized carbons (Fsp3) is 0.200. The Balaban J connectivity index is 1.96. The van der Waals surface area contributed by atoms with Crippen LogP contribution in [0.3, 0.4) is 0 Å². The number of nitrogens with two attached hydrogens (primary N) is 1. The molecule has 2 aromatic rings. The fourth-order valence-corrected chi connectivity index (χ4v) is 3.32. The number of pyridine rings is 1. The molecule has 0 bridgehead atoms. The van der Waals surface area contributed by atoms with Crippen LogP contribution in [0.1, 0.15) is 11.1 Å². The van der Waals surface area contributed by atoms with Crippen LogP contribution in [0, 0.1) is 0 Å². The van der Waals surface area contributed by atoms with Gasteiger partial charge in [0.05, 0.1) is 6.20 Å². The molecule has 4 rings (SSSR count). The van der Waals surface area contributed by atoms with Crippen LogP contribution in [-0.4, -0.2) is 23.7 Å². The lowest BCUT2D eigenvalue weighted by molar-refractivity contribution is 0.263. The number of fused-ring (bicyclic) bond motifs is 4. The number of halogens is 2. The Morgan fingerprint density at radius 3 is 2.87 bits per heavy atom. The molecule has 2 N–H and O–H groups in total. The number of amidine groups is 1. The second kappa shape index (κ2) is 5.28. The van der Waals surface area contributed by atoms with E-state index in [1.54, 1.807) is 12.3 Å². The average Bonchev–Trinajstić information content (AvgIpc) is 2.92. The van der Waals surface area contributed by atoms with E-state index < -0.39 is 5.54 Å². The first-order valence-corrected chi connectivity index (χ1v) is 8.10. The minimum absolute atomic E-state index is 0.00366. The van der Waals surface area contributed by atoms with Crippen molar-refractivity contribution in [2.24, 2.45) is 10.7 Å². The van der Waals surface area contributed by atoms with Gasteiger partial charge in [-0.05, 0) is 18.2 Å². The third-order valence-electron chi connectivity index (χ3n) is 3.83. The fourth-order valence-electron chi connectivity index (χ4n) is 2.85. The number of ether oxygens (including phenoxy) is 3. The zero-order chi connectivity index (χ0) is 16.0. The molecule has 2 aliphatic heterocycles. The normalized spacial score (nSPS) is 21.0. The van der Waals surface area contributed by atoms with Crippen molar-refractivity contribution in [3.05, 3.63) is 46.1 Å². The average molecular weight is 397 g/mol. The van der Waals surface area contributed by atoms with Gasteiger partial charge in [0.25, 0.3) is 6.02 Å². The van der Waals surface area contributed by atoms with Crippen molar-refractivity contribution in [1.29, 1.82) is 0 Å². The molecule has 118 valence electrons. The molecule has 0 aliphatic carbocycles. The van der Waals surface area contributed by atoms with Crippen molar-refractivity contribution in [2.75, 3.05) is 12.7 Å². The van der Waals surface area contributed by atoms with Crippen LogP contribution < -0.4 is 15.2 Å². The summed E-state index contributed by atoms with van der Waals surface area (Å²) in [4.78, 5) is 8.74. The Bertz CT molecular complexity index is 830. The second-order valence-corrected chi connectivity index (χ2v) is 6.25. The predicted molar refractivity (Wildman–Crippen MR) is 88.2 cm³/mol. The summed E-state index contributed by atoms with van der Waals surface area (Å²) in [7, 11) is 0. The van der Waals surface area contributed by atoms with Crippen LogP contribution in [0.2, 0.25) is 0 Å². The van der Waals surface area contributed by atoms with Gasteiger partial charge in [0.1, 0.15) is 12.4 Å². The highest BCUT2D eigenvalue weighted by atomic mass is 79.9. The molecule has 0 saturated carbocycles. The molecule has 1 unspecified atom stereocenters. The van der Waals surface area contributed by atoms with Gasteiger partial charge in [0, 0.05) is 21.7 Å². The standard InChI is InChI=1S/C15H11BrClN3O3/c16-8-1-2-11-9(3-8)15(6-21-14(18)20-15)10-4-13(22-7-17)19-5-12(10)23-11/h1-5H,6-7H2,(H2,18,20). The number of hydrogen-bond acceptors (Lipinski definition) is 6. The molecule has 1 spiro atoms. The Kier molecular flexibility index (Phi) is 3.35. The third kappa shape index (κ3) is 2.22. The van der Waals surface area contributed by atoms with Gasteiger partial charge in [0.15, 0.2) is 17.4 Å². The first kappa shape index (κ1) is 14.6. The van der Waals surface area contributed by atoms with Gasteiger partial charge < -0.3 is 19.9 Å². The Labute approximate surface area is 145 Å². The van der Waals surface area contributed by atoms with Gasteiger partial charge in [-0.3, -0.25) is 0 Å². The van der Waals surface area contributed by atoms with Crippen molar-refractivity contribution in [1.82, 2.24) is 4.98 Å². The predicted octanol–water partition coefficient (Wildman–Crippen LogP) is 3.11. The quantitative estimate of drug-likeness (QED) is 0.789. The van der Waals surface area contributed by atoms with Crippen molar-refractivity contribution >= 4 is 33.6 Å². The molecule has 0 radical (unpaired) electrons. The van der Waals surface area contributed by atoms with Gasteiger partial charge in [0.2, 0.25) is 5.88 Å². The van der Waals surface area contributed by atoms with Crippen molar-refractivity contribution in [3.63, 3.8) is 0 Å². The lowest BCUT2D eigenvalue weighted by Gasteiger charge is -2.33. The Morgan fingerprint density at radius 1 is 1.30 bits per heavy atom. The topological polar surface area (TPSA) is 79.0 Å². The van der Waals surface area contributed by atoms with E-state index in [9.17, 15) is 0 Å². The Hall–Kier alpha value is -1.99. The molecule has 1 aromatic carbocycles. The Morgan fingerprint density at radius 2 is 2.13 bits per heavy atom. The van der Waals surface area contributed by atoms with E-state index in [1.807, 2.05) is 18.2 Å². The van der Waals surface area contributed by atoms with Crippen LogP contribution in [0.15, 0.2) is 39.9 Å². The minimum atomic E-state index is -0.788. The van der Waals surface area contributed by atoms with Crippen LogP contribution in [0.4, 0.5) is 0 Å². The molecule has 1 atom stereocenters. The molecule has 1 aromatic heterocycles. The van der Waals surface area contributed by atoms with E-state index in [1.165, 1.54) is 0 Å². The van der Waals surface area contributed by atoms with Gasteiger partial charge in [-0.1, -0.05) is 27.5 Å². The monoisotopic (exact) mass is 395 g/mol. The number of alkyl halides is 1. The second-order valence-electron chi connectivity index (χ2n) is 5.11. The number of hydrogen-bond donors (Lipinski definition) is 1. The molecule has 3 heterocycles. The van der Waals surface area contributed by atoms with E-state index in [-0.39, 0.29) is 18.7 Å².